The summed E-state index contributed by atoms with van der Waals surface area (Å²) in [5, 5.41) is 11.6. The van der Waals surface area contributed by atoms with E-state index in [1.54, 1.807) is 21.1 Å². The highest BCUT2D eigenvalue weighted by Crippen LogP contribution is 2.13. The number of allylic oxidation sites excluding steroid dienone is 8. The van der Waals surface area contributed by atoms with E-state index in [2.05, 4.69) is 62.5 Å². The number of nitrogens with zero attached hydrogens (tertiary/aromatic N) is 1. The molecule has 0 aliphatic carbocycles. The number of rotatable bonds is 41. The number of esters is 2. The lowest BCUT2D eigenvalue weighted by atomic mass is 10.1. The normalized spacial score (nSPS) is 13.4. The minimum absolute atomic E-state index is 0.0285. The number of aliphatic carboxylic acids is 1. The minimum atomic E-state index is -1.13. The van der Waals surface area contributed by atoms with Crippen LogP contribution < -0.4 is 5.11 Å². The van der Waals surface area contributed by atoms with Gasteiger partial charge in [0, 0.05) is 19.3 Å². The molecule has 0 aromatic rings. The highest BCUT2D eigenvalue weighted by molar-refractivity contribution is 5.70. The molecule has 0 saturated carbocycles. The summed E-state index contributed by atoms with van der Waals surface area (Å²) in [6.07, 6.45) is 47.0. The van der Waals surface area contributed by atoms with Gasteiger partial charge in [0.2, 0.25) is 0 Å². The molecule has 0 saturated heterocycles. The van der Waals surface area contributed by atoms with Crippen molar-refractivity contribution in [1.29, 1.82) is 0 Å². The van der Waals surface area contributed by atoms with Crippen LogP contribution >= 0.6 is 0 Å². The number of carbonyl (C=O) groups is 3. The van der Waals surface area contributed by atoms with Crippen LogP contribution in [0.1, 0.15) is 194 Å². The Labute approximate surface area is 350 Å². The van der Waals surface area contributed by atoms with Gasteiger partial charge in [-0.3, -0.25) is 9.59 Å². The van der Waals surface area contributed by atoms with Crippen molar-refractivity contribution < 1.29 is 38.2 Å². The average Bonchev–Trinajstić information content (AvgIpc) is 3.17. The molecular formula is C49H87NO7. The number of unbranched alkanes of at least 4 members (excludes halogenated alkanes) is 20. The molecule has 0 N–H and O–H groups in total. The van der Waals surface area contributed by atoms with Crippen LogP contribution in [-0.2, 0) is 28.6 Å². The Morgan fingerprint density at radius 1 is 0.544 bits per heavy atom. The quantitative estimate of drug-likeness (QED) is 0.0199. The van der Waals surface area contributed by atoms with Crippen LogP contribution in [0.5, 0.6) is 0 Å². The van der Waals surface area contributed by atoms with Gasteiger partial charge in [-0.25, -0.2) is 0 Å². The summed E-state index contributed by atoms with van der Waals surface area (Å²) < 4.78 is 17.2. The Balaban J connectivity index is 4.38. The first-order valence-electron chi connectivity index (χ1n) is 23.2. The number of hydrogen-bond acceptors (Lipinski definition) is 7. The van der Waals surface area contributed by atoms with Crippen LogP contribution in [-0.4, -0.2) is 75.5 Å². The average molecular weight is 802 g/mol. The van der Waals surface area contributed by atoms with Crippen molar-refractivity contribution in [2.24, 2.45) is 0 Å². The number of hydrogen-bond donors (Lipinski definition) is 0. The molecule has 2 unspecified atom stereocenters. The fraction of sp³-hybridized carbons (Fsp3) is 0.776. The third kappa shape index (κ3) is 38.6. The van der Waals surface area contributed by atoms with Gasteiger partial charge in [-0.15, -0.1) is 0 Å². The van der Waals surface area contributed by atoms with E-state index in [0.29, 0.717) is 12.8 Å². The lowest BCUT2D eigenvalue weighted by molar-refractivity contribution is -0.889. The maximum Gasteiger partial charge on any atom is 0.306 e. The monoisotopic (exact) mass is 802 g/mol. The van der Waals surface area contributed by atoms with E-state index >= 15 is 0 Å². The lowest BCUT2D eigenvalue weighted by Crippen LogP contribution is -2.55. The van der Waals surface area contributed by atoms with E-state index in [9.17, 15) is 19.5 Å². The van der Waals surface area contributed by atoms with Crippen molar-refractivity contribution in [3.8, 4) is 0 Å². The number of likely N-dealkylation sites (N-methyl/N-ethyl adjacent to an activating group) is 1. The molecule has 330 valence electrons. The number of carboxylic acid groups (broad SMARTS) is 1. The molecule has 0 fully saturated rings. The van der Waals surface area contributed by atoms with Crippen LogP contribution in [0, 0.1) is 0 Å². The van der Waals surface area contributed by atoms with Crippen LogP contribution in [0.4, 0.5) is 0 Å². The SMILES string of the molecule is CCCCC/C=C/C/C=C/CCCCCCCCCC(=O)OC(COCCC(C(=O)[O-])[N+](C)(C)C)COC(=O)CCCCC/C=C/C=C/CCCCCCCCC. The maximum absolute atomic E-state index is 12.7. The predicted molar refractivity (Wildman–Crippen MR) is 236 cm³/mol. The predicted octanol–water partition coefficient (Wildman–Crippen LogP) is 11.5. The summed E-state index contributed by atoms with van der Waals surface area (Å²) in [6.45, 7) is 4.60. The Morgan fingerprint density at radius 3 is 1.51 bits per heavy atom. The second kappa shape index (κ2) is 40.1. The molecule has 2 atom stereocenters. The van der Waals surface area contributed by atoms with Gasteiger partial charge < -0.3 is 28.6 Å². The van der Waals surface area contributed by atoms with Gasteiger partial charge in [0.05, 0.1) is 40.3 Å². The van der Waals surface area contributed by atoms with Gasteiger partial charge >= 0.3 is 11.9 Å². The summed E-state index contributed by atoms with van der Waals surface area (Å²) in [5.41, 5.74) is 0. The molecule has 8 heteroatoms. The molecule has 0 aliphatic heterocycles. The molecule has 0 bridgehead atoms. The first kappa shape index (κ1) is 54.3. The van der Waals surface area contributed by atoms with Crippen molar-refractivity contribution in [3.63, 3.8) is 0 Å². The Kier molecular flexibility index (Phi) is 38.2. The second-order valence-electron chi connectivity index (χ2n) is 16.7. The molecule has 0 aliphatic rings. The zero-order valence-corrected chi connectivity index (χ0v) is 37.5. The van der Waals surface area contributed by atoms with Crippen LogP contribution in [0.25, 0.3) is 0 Å². The van der Waals surface area contributed by atoms with E-state index in [0.717, 1.165) is 64.2 Å². The summed E-state index contributed by atoms with van der Waals surface area (Å²) in [5.74, 6) is -1.78. The molecule has 57 heavy (non-hydrogen) atoms. The second-order valence-corrected chi connectivity index (χ2v) is 16.7. The van der Waals surface area contributed by atoms with Gasteiger partial charge in [0.1, 0.15) is 12.6 Å². The molecule has 0 rings (SSSR count). The van der Waals surface area contributed by atoms with Gasteiger partial charge in [0.25, 0.3) is 0 Å². The molecule has 0 heterocycles. The van der Waals surface area contributed by atoms with Crippen molar-refractivity contribution >= 4 is 17.9 Å². The van der Waals surface area contributed by atoms with Gasteiger partial charge in [-0.2, -0.15) is 0 Å². The van der Waals surface area contributed by atoms with E-state index in [4.69, 9.17) is 14.2 Å². The summed E-state index contributed by atoms with van der Waals surface area (Å²) >= 11 is 0. The largest absolute Gasteiger partial charge is 0.544 e. The highest BCUT2D eigenvalue weighted by atomic mass is 16.6. The minimum Gasteiger partial charge on any atom is -0.544 e. The summed E-state index contributed by atoms with van der Waals surface area (Å²) in [4.78, 5) is 36.9. The molecule has 0 aromatic heterocycles. The van der Waals surface area contributed by atoms with Crippen molar-refractivity contribution in [3.05, 3.63) is 48.6 Å². The fourth-order valence-electron chi connectivity index (χ4n) is 6.56. The van der Waals surface area contributed by atoms with E-state index in [1.807, 2.05) is 0 Å². The first-order chi connectivity index (χ1) is 27.6. The number of carboxylic acids is 1. The van der Waals surface area contributed by atoms with Crippen LogP contribution in [0.2, 0.25) is 0 Å². The van der Waals surface area contributed by atoms with Gasteiger partial charge in [-0.1, -0.05) is 152 Å². The smallest absolute Gasteiger partial charge is 0.306 e. The molecule has 0 amide bonds. The molecule has 8 nitrogen and oxygen atoms in total. The molecule has 0 spiro atoms. The third-order valence-corrected chi connectivity index (χ3v) is 10.2. The van der Waals surface area contributed by atoms with Gasteiger partial charge in [0.15, 0.2) is 6.10 Å². The topological polar surface area (TPSA) is 102 Å². The fourth-order valence-corrected chi connectivity index (χ4v) is 6.56. The lowest BCUT2D eigenvalue weighted by Gasteiger charge is -2.34. The third-order valence-electron chi connectivity index (χ3n) is 10.2. The maximum atomic E-state index is 12.7. The van der Waals surface area contributed by atoms with Crippen molar-refractivity contribution in [2.75, 3.05) is 41.0 Å². The zero-order valence-electron chi connectivity index (χ0n) is 37.5. The number of quaternary nitrogens is 1. The Morgan fingerprint density at radius 2 is 0.982 bits per heavy atom. The van der Waals surface area contributed by atoms with E-state index in [-0.39, 0.29) is 42.7 Å². The number of carbonyl (C=O) groups excluding carboxylic acids is 3. The van der Waals surface area contributed by atoms with Crippen molar-refractivity contribution in [1.82, 2.24) is 0 Å². The number of ether oxygens (including phenoxy) is 3. The Hall–Kier alpha value is -2.71. The summed E-state index contributed by atoms with van der Waals surface area (Å²) in [6, 6.07) is -0.732. The molecule has 0 radical (unpaired) electrons. The highest BCUT2D eigenvalue weighted by Gasteiger charge is 2.25. The molecule has 0 aromatic carbocycles. The van der Waals surface area contributed by atoms with Gasteiger partial charge in [-0.05, 0) is 70.6 Å². The van der Waals surface area contributed by atoms with E-state index in [1.165, 1.54) is 96.3 Å². The molecular weight excluding hydrogens is 715 g/mol. The summed E-state index contributed by atoms with van der Waals surface area (Å²) in [7, 11) is 5.40. The standard InChI is InChI=1S/C49H87NO7/c1-6-8-10-12-14-16-18-20-22-24-26-28-30-32-34-36-38-40-48(52)57-45(43-55-42-41-46(49(53)54)50(3,4)5)44-56-47(51)39-37-35-33-31-29-27-25-23-21-19-17-15-13-11-9-7-2/h14,16,20,22-23,25,27,29,45-46H,6-13,15,17-19,21,24,26,28,30-44H2,1-5H3/b16-14+,22-20+,25-23+,29-27+. The van der Waals surface area contributed by atoms with Crippen molar-refractivity contribution in [2.45, 2.75) is 206 Å². The van der Waals surface area contributed by atoms with Crippen LogP contribution in [0.3, 0.4) is 0 Å². The first-order valence-corrected chi connectivity index (χ1v) is 23.2. The van der Waals surface area contributed by atoms with E-state index < -0.39 is 18.1 Å². The zero-order chi connectivity index (χ0) is 42.1. The van der Waals surface area contributed by atoms with Crippen LogP contribution in [0.15, 0.2) is 48.6 Å². The Bertz CT molecular complexity index is 1070.